The number of benzene rings is 2. The molecule has 2 aromatic carbocycles. The fraction of sp³-hybridized carbons (Fsp3) is 0.0476. The van der Waals surface area contributed by atoms with E-state index in [0.717, 1.165) is 15.4 Å². The minimum atomic E-state index is -0.553. The van der Waals surface area contributed by atoms with Gasteiger partial charge in [-0.2, -0.15) is 11.3 Å². The fourth-order valence-electron chi connectivity index (χ4n) is 2.18. The van der Waals surface area contributed by atoms with Crippen LogP contribution in [-0.2, 0) is 14.3 Å². The highest BCUT2D eigenvalue weighted by Crippen LogP contribution is 2.33. The summed E-state index contributed by atoms with van der Waals surface area (Å²) in [5.41, 5.74) is 1.61. The van der Waals surface area contributed by atoms with Crippen LogP contribution in [0.25, 0.3) is 6.08 Å². The first-order valence-corrected chi connectivity index (χ1v) is 9.95. The Labute approximate surface area is 165 Å². The van der Waals surface area contributed by atoms with Gasteiger partial charge >= 0.3 is 5.97 Å². The molecule has 1 heterocycles. The molecule has 0 aliphatic carbocycles. The van der Waals surface area contributed by atoms with E-state index in [1.807, 2.05) is 71.4 Å². The van der Waals surface area contributed by atoms with Crippen LogP contribution < -0.4 is 5.32 Å². The van der Waals surface area contributed by atoms with Gasteiger partial charge in [0.15, 0.2) is 6.61 Å². The molecule has 6 heteroatoms. The lowest BCUT2D eigenvalue weighted by Gasteiger charge is -2.10. The van der Waals surface area contributed by atoms with Gasteiger partial charge in [0, 0.05) is 15.9 Å². The van der Waals surface area contributed by atoms with Crippen molar-refractivity contribution in [3.8, 4) is 0 Å². The summed E-state index contributed by atoms with van der Waals surface area (Å²) < 4.78 is 4.99. The number of para-hydroxylation sites is 1. The van der Waals surface area contributed by atoms with Gasteiger partial charge in [-0.3, -0.25) is 4.79 Å². The number of esters is 1. The van der Waals surface area contributed by atoms with Gasteiger partial charge in [-0.15, -0.1) is 0 Å². The molecule has 0 atom stereocenters. The number of nitrogens with one attached hydrogen (secondary N) is 1. The van der Waals surface area contributed by atoms with Crippen LogP contribution in [0.1, 0.15) is 5.56 Å². The van der Waals surface area contributed by atoms with Gasteiger partial charge < -0.3 is 10.1 Å². The molecule has 0 aliphatic rings. The number of hydrogen-bond acceptors (Lipinski definition) is 5. The van der Waals surface area contributed by atoms with Gasteiger partial charge in [0.05, 0.1) is 5.69 Å². The predicted octanol–water partition coefficient (Wildman–Crippen LogP) is 5.09. The zero-order valence-corrected chi connectivity index (χ0v) is 16.0. The van der Waals surface area contributed by atoms with Gasteiger partial charge in [-0.05, 0) is 52.7 Å². The SMILES string of the molecule is O=C(COC(=O)/C=C/c1ccsc1)Nc1ccccc1Sc1ccccc1. The monoisotopic (exact) mass is 395 g/mol. The van der Waals surface area contributed by atoms with Crippen molar-refractivity contribution < 1.29 is 14.3 Å². The third-order valence-electron chi connectivity index (χ3n) is 3.43. The molecule has 0 radical (unpaired) electrons. The largest absolute Gasteiger partial charge is 0.452 e. The summed E-state index contributed by atoms with van der Waals surface area (Å²) in [5, 5.41) is 6.63. The second-order valence-electron chi connectivity index (χ2n) is 5.46. The number of rotatable bonds is 7. The van der Waals surface area contributed by atoms with Crippen molar-refractivity contribution in [2.24, 2.45) is 0 Å². The van der Waals surface area contributed by atoms with Crippen molar-refractivity contribution in [3.63, 3.8) is 0 Å². The Morgan fingerprint density at radius 3 is 2.59 bits per heavy atom. The maximum atomic E-state index is 12.1. The van der Waals surface area contributed by atoms with Crippen molar-refractivity contribution in [2.45, 2.75) is 9.79 Å². The van der Waals surface area contributed by atoms with Crippen LogP contribution in [0.2, 0.25) is 0 Å². The van der Waals surface area contributed by atoms with Crippen molar-refractivity contribution >= 4 is 46.7 Å². The first-order chi connectivity index (χ1) is 13.2. The molecule has 0 fully saturated rings. The minimum absolute atomic E-state index is 0.336. The molecule has 0 spiro atoms. The lowest BCUT2D eigenvalue weighted by atomic mass is 10.3. The van der Waals surface area contributed by atoms with Crippen LogP contribution >= 0.6 is 23.1 Å². The highest BCUT2D eigenvalue weighted by Gasteiger charge is 2.09. The number of carbonyl (C=O) groups is 2. The molecule has 3 rings (SSSR count). The van der Waals surface area contributed by atoms with E-state index in [0.29, 0.717) is 5.69 Å². The normalized spacial score (nSPS) is 10.7. The predicted molar refractivity (Wildman–Crippen MR) is 110 cm³/mol. The van der Waals surface area contributed by atoms with Crippen LogP contribution in [0.3, 0.4) is 0 Å². The Morgan fingerprint density at radius 1 is 1.04 bits per heavy atom. The molecule has 4 nitrogen and oxygen atoms in total. The van der Waals surface area contributed by atoms with Gasteiger partial charge in [0.25, 0.3) is 5.91 Å². The maximum Gasteiger partial charge on any atom is 0.331 e. The topological polar surface area (TPSA) is 55.4 Å². The third kappa shape index (κ3) is 6.13. The van der Waals surface area contributed by atoms with Crippen molar-refractivity contribution in [3.05, 3.63) is 83.1 Å². The lowest BCUT2D eigenvalue weighted by molar-refractivity contribution is -0.142. The van der Waals surface area contributed by atoms with E-state index in [2.05, 4.69) is 5.32 Å². The zero-order chi connectivity index (χ0) is 18.9. The van der Waals surface area contributed by atoms with Crippen LogP contribution in [0.5, 0.6) is 0 Å². The number of anilines is 1. The van der Waals surface area contributed by atoms with Crippen LogP contribution in [0.15, 0.2) is 87.3 Å². The molecule has 0 aliphatic heterocycles. The number of amides is 1. The summed E-state index contributed by atoms with van der Waals surface area (Å²) >= 11 is 3.10. The van der Waals surface area contributed by atoms with Crippen molar-refractivity contribution in [1.29, 1.82) is 0 Å². The molecule has 1 aromatic heterocycles. The average Bonchev–Trinajstić information content (AvgIpc) is 3.21. The summed E-state index contributed by atoms with van der Waals surface area (Å²) in [6.07, 6.45) is 2.97. The fourth-order valence-corrected chi connectivity index (χ4v) is 3.73. The number of hydrogen-bond donors (Lipinski definition) is 1. The molecule has 0 unspecified atom stereocenters. The number of carbonyl (C=O) groups excluding carboxylic acids is 2. The standard InChI is InChI=1S/C21H17NO3S2/c23-20(14-25-21(24)11-10-16-12-13-26-15-16)22-18-8-4-5-9-19(18)27-17-6-2-1-3-7-17/h1-13,15H,14H2,(H,22,23)/b11-10+. The Bertz CT molecular complexity index is 922. The molecule has 0 saturated heterocycles. The van der Waals surface area contributed by atoms with Crippen LogP contribution in [0, 0.1) is 0 Å². The smallest absolute Gasteiger partial charge is 0.331 e. The lowest BCUT2D eigenvalue weighted by Crippen LogP contribution is -2.20. The molecule has 0 bridgehead atoms. The molecule has 0 saturated carbocycles. The first-order valence-electron chi connectivity index (χ1n) is 8.19. The van der Waals surface area contributed by atoms with E-state index in [1.165, 1.54) is 6.08 Å². The van der Waals surface area contributed by atoms with Crippen LogP contribution in [0.4, 0.5) is 5.69 Å². The Kier molecular flexibility index (Phi) is 6.84. The highest BCUT2D eigenvalue weighted by molar-refractivity contribution is 7.99. The summed E-state index contributed by atoms with van der Waals surface area (Å²) in [7, 11) is 0. The molecular formula is C21H17NO3S2. The summed E-state index contributed by atoms with van der Waals surface area (Å²) in [5.74, 6) is -0.934. The third-order valence-corrected chi connectivity index (χ3v) is 5.22. The van der Waals surface area contributed by atoms with Crippen LogP contribution in [-0.4, -0.2) is 18.5 Å². The molecule has 1 N–H and O–H groups in total. The molecular weight excluding hydrogens is 378 g/mol. The Balaban J connectivity index is 1.54. The zero-order valence-electron chi connectivity index (χ0n) is 14.3. The summed E-state index contributed by atoms with van der Waals surface area (Å²) in [6, 6.07) is 19.3. The van der Waals surface area contributed by atoms with Gasteiger partial charge in [0.2, 0.25) is 0 Å². The molecule has 27 heavy (non-hydrogen) atoms. The van der Waals surface area contributed by atoms with E-state index in [9.17, 15) is 9.59 Å². The van der Waals surface area contributed by atoms with Crippen molar-refractivity contribution in [1.82, 2.24) is 0 Å². The molecule has 136 valence electrons. The Hall–Kier alpha value is -2.83. The number of thiophene rings is 1. The van der Waals surface area contributed by atoms with Gasteiger partial charge in [0.1, 0.15) is 0 Å². The van der Waals surface area contributed by atoms with E-state index in [1.54, 1.807) is 29.2 Å². The Morgan fingerprint density at radius 2 is 1.81 bits per heavy atom. The summed E-state index contributed by atoms with van der Waals surface area (Å²) in [4.78, 5) is 25.8. The minimum Gasteiger partial charge on any atom is -0.452 e. The van der Waals surface area contributed by atoms with E-state index < -0.39 is 5.97 Å². The number of ether oxygens (including phenoxy) is 1. The highest BCUT2D eigenvalue weighted by atomic mass is 32.2. The second kappa shape index (κ2) is 9.75. The first kappa shape index (κ1) is 18.9. The molecule has 3 aromatic rings. The molecule has 1 amide bonds. The second-order valence-corrected chi connectivity index (χ2v) is 7.35. The average molecular weight is 396 g/mol. The van der Waals surface area contributed by atoms with E-state index in [4.69, 9.17) is 4.74 Å². The van der Waals surface area contributed by atoms with E-state index >= 15 is 0 Å². The van der Waals surface area contributed by atoms with Gasteiger partial charge in [-0.25, -0.2) is 4.79 Å². The van der Waals surface area contributed by atoms with Gasteiger partial charge in [-0.1, -0.05) is 42.1 Å². The van der Waals surface area contributed by atoms with Crippen molar-refractivity contribution in [2.75, 3.05) is 11.9 Å². The maximum absolute atomic E-state index is 12.1. The quantitative estimate of drug-likeness (QED) is 0.447. The summed E-state index contributed by atoms with van der Waals surface area (Å²) in [6.45, 7) is -0.336. The van der Waals surface area contributed by atoms with E-state index in [-0.39, 0.29) is 12.5 Å².